The van der Waals surface area contributed by atoms with Gasteiger partial charge in [-0.15, -0.1) is 11.8 Å². The van der Waals surface area contributed by atoms with E-state index in [1.165, 1.54) is 23.9 Å². The molecule has 2 rings (SSSR count). The minimum absolute atomic E-state index is 0.0604. The zero-order valence-corrected chi connectivity index (χ0v) is 9.34. The molecule has 2 unspecified atom stereocenters. The Morgan fingerprint density at radius 2 is 2.25 bits per heavy atom. The van der Waals surface area contributed by atoms with Crippen LogP contribution in [0.25, 0.3) is 0 Å². The molecule has 5 heteroatoms. The van der Waals surface area contributed by atoms with Gasteiger partial charge in [-0.25, -0.2) is 4.39 Å². The van der Waals surface area contributed by atoms with E-state index in [2.05, 4.69) is 0 Å². The van der Waals surface area contributed by atoms with Crippen LogP contribution in [0.15, 0.2) is 23.1 Å². The molecule has 3 N–H and O–H groups in total. The summed E-state index contributed by atoms with van der Waals surface area (Å²) in [6.45, 7) is 0. The van der Waals surface area contributed by atoms with Crippen LogP contribution in [0, 0.1) is 11.7 Å². The Bertz CT molecular complexity index is 424. The van der Waals surface area contributed by atoms with Crippen LogP contribution >= 0.6 is 11.8 Å². The highest BCUT2D eigenvalue weighted by Gasteiger charge is 2.37. The van der Waals surface area contributed by atoms with Crippen molar-refractivity contribution in [3.8, 4) is 0 Å². The first kappa shape index (κ1) is 11.3. The molecular weight excluding hydrogens is 229 g/mol. The van der Waals surface area contributed by atoms with Gasteiger partial charge in [0.05, 0.1) is 5.92 Å². The first-order chi connectivity index (χ1) is 7.58. The molecule has 0 spiro atoms. The lowest BCUT2D eigenvalue weighted by molar-refractivity contribution is -0.144. The third-order valence-electron chi connectivity index (χ3n) is 2.78. The smallest absolute Gasteiger partial charge is 0.307 e. The van der Waals surface area contributed by atoms with Crippen LogP contribution in [-0.4, -0.2) is 16.3 Å². The Hall–Kier alpha value is -1.23. The largest absolute Gasteiger partial charge is 0.481 e. The summed E-state index contributed by atoms with van der Waals surface area (Å²) in [6, 6.07) is 4.20. The number of halogens is 1. The van der Waals surface area contributed by atoms with Gasteiger partial charge in [-0.1, -0.05) is 0 Å². The van der Waals surface area contributed by atoms with Gasteiger partial charge in [0.25, 0.3) is 0 Å². The number of aliphatic carboxylic acids is 1. The molecule has 1 saturated carbocycles. The Morgan fingerprint density at radius 1 is 1.50 bits per heavy atom. The fourth-order valence-electron chi connectivity index (χ4n) is 1.68. The summed E-state index contributed by atoms with van der Waals surface area (Å²) in [7, 11) is 0. The van der Waals surface area contributed by atoms with Gasteiger partial charge >= 0.3 is 5.97 Å². The minimum Gasteiger partial charge on any atom is -0.481 e. The van der Waals surface area contributed by atoms with Crippen molar-refractivity contribution < 1.29 is 14.3 Å². The fraction of sp³-hybridized carbons (Fsp3) is 0.364. The van der Waals surface area contributed by atoms with Gasteiger partial charge in [0.15, 0.2) is 0 Å². The second-order valence-electron chi connectivity index (χ2n) is 3.86. The van der Waals surface area contributed by atoms with Crippen LogP contribution in [0.2, 0.25) is 0 Å². The van der Waals surface area contributed by atoms with Crippen molar-refractivity contribution in [2.24, 2.45) is 5.92 Å². The van der Waals surface area contributed by atoms with E-state index >= 15 is 0 Å². The Kier molecular flexibility index (Phi) is 3.05. The Morgan fingerprint density at radius 3 is 2.75 bits per heavy atom. The maximum Gasteiger partial charge on any atom is 0.307 e. The molecule has 0 bridgehead atoms. The third-order valence-corrected chi connectivity index (χ3v) is 4.27. The zero-order valence-electron chi connectivity index (χ0n) is 8.52. The van der Waals surface area contributed by atoms with Gasteiger partial charge in [0.2, 0.25) is 0 Å². The summed E-state index contributed by atoms with van der Waals surface area (Å²) in [4.78, 5) is 11.6. The standard InChI is InChI=1S/C11H12FNO2S/c12-6-1-3-10(8(13)5-6)16-9-4-2-7(9)11(14)15/h1,3,5,7,9H,2,4,13H2,(H,14,15). The maximum absolute atomic E-state index is 12.8. The fourth-order valence-corrected chi connectivity index (χ4v) is 3.02. The summed E-state index contributed by atoms with van der Waals surface area (Å²) >= 11 is 1.43. The van der Waals surface area contributed by atoms with E-state index in [-0.39, 0.29) is 17.0 Å². The molecule has 0 saturated heterocycles. The highest BCUT2D eigenvalue weighted by atomic mass is 32.2. The number of carboxylic acid groups (broad SMARTS) is 1. The number of nitrogens with two attached hydrogens (primary N) is 1. The molecule has 1 aliphatic rings. The van der Waals surface area contributed by atoms with Gasteiger partial charge < -0.3 is 10.8 Å². The van der Waals surface area contributed by atoms with Gasteiger partial charge in [0, 0.05) is 15.8 Å². The highest BCUT2D eigenvalue weighted by Crippen LogP contribution is 2.43. The SMILES string of the molecule is Nc1cc(F)ccc1SC1CCC1C(=O)O. The highest BCUT2D eigenvalue weighted by molar-refractivity contribution is 8.00. The average molecular weight is 241 g/mol. The summed E-state index contributed by atoms with van der Waals surface area (Å²) in [5.74, 6) is -1.43. The van der Waals surface area contributed by atoms with Crippen LogP contribution in [0.1, 0.15) is 12.8 Å². The van der Waals surface area contributed by atoms with E-state index in [1.807, 2.05) is 0 Å². The number of benzene rings is 1. The summed E-state index contributed by atoms with van der Waals surface area (Å²) in [5.41, 5.74) is 6.04. The molecule has 0 heterocycles. The van der Waals surface area contributed by atoms with E-state index in [1.54, 1.807) is 6.07 Å². The molecule has 1 aromatic carbocycles. The Balaban J connectivity index is 2.07. The lowest BCUT2D eigenvalue weighted by atomic mass is 9.85. The normalized spacial score (nSPS) is 23.8. The number of thioether (sulfide) groups is 1. The predicted octanol–water partition coefficient (Wildman–Crippen LogP) is 2.36. The number of hydrogen-bond acceptors (Lipinski definition) is 3. The topological polar surface area (TPSA) is 63.3 Å². The predicted molar refractivity (Wildman–Crippen MR) is 60.8 cm³/mol. The monoisotopic (exact) mass is 241 g/mol. The number of carbonyl (C=O) groups is 1. The maximum atomic E-state index is 12.8. The molecule has 0 aliphatic heterocycles. The van der Waals surface area contributed by atoms with Gasteiger partial charge in [-0.3, -0.25) is 4.79 Å². The van der Waals surface area contributed by atoms with Crippen molar-refractivity contribution in [3.63, 3.8) is 0 Å². The molecule has 0 aromatic heterocycles. The van der Waals surface area contributed by atoms with Crippen molar-refractivity contribution in [1.82, 2.24) is 0 Å². The van der Waals surface area contributed by atoms with Crippen LogP contribution in [0.5, 0.6) is 0 Å². The van der Waals surface area contributed by atoms with Gasteiger partial charge in [-0.2, -0.15) is 0 Å². The molecule has 0 amide bonds. The number of carboxylic acids is 1. The Labute approximate surface area is 96.8 Å². The third kappa shape index (κ3) is 2.14. The minimum atomic E-state index is -0.760. The number of anilines is 1. The summed E-state index contributed by atoms with van der Waals surface area (Å²) in [5, 5.41) is 8.95. The second kappa shape index (κ2) is 4.33. The molecular formula is C11H12FNO2S. The molecule has 0 radical (unpaired) electrons. The van der Waals surface area contributed by atoms with Crippen LogP contribution in [0.3, 0.4) is 0 Å². The van der Waals surface area contributed by atoms with Gasteiger partial charge in [0.1, 0.15) is 5.82 Å². The van der Waals surface area contributed by atoms with E-state index in [0.717, 1.165) is 11.3 Å². The quantitative estimate of drug-likeness (QED) is 0.797. The van der Waals surface area contributed by atoms with E-state index < -0.39 is 5.97 Å². The molecule has 1 fully saturated rings. The molecule has 1 aliphatic carbocycles. The van der Waals surface area contributed by atoms with Crippen molar-refractivity contribution in [1.29, 1.82) is 0 Å². The average Bonchev–Trinajstić information content (AvgIpc) is 2.13. The van der Waals surface area contributed by atoms with E-state index in [4.69, 9.17) is 10.8 Å². The van der Waals surface area contributed by atoms with Crippen LogP contribution < -0.4 is 5.73 Å². The zero-order chi connectivity index (χ0) is 11.7. The van der Waals surface area contributed by atoms with E-state index in [9.17, 15) is 9.18 Å². The molecule has 1 aromatic rings. The molecule has 2 atom stereocenters. The molecule has 3 nitrogen and oxygen atoms in total. The first-order valence-corrected chi connectivity index (χ1v) is 5.90. The van der Waals surface area contributed by atoms with E-state index in [0.29, 0.717) is 12.1 Å². The lowest BCUT2D eigenvalue weighted by Crippen LogP contribution is -2.35. The first-order valence-electron chi connectivity index (χ1n) is 5.02. The molecule has 16 heavy (non-hydrogen) atoms. The van der Waals surface area contributed by atoms with Gasteiger partial charge in [-0.05, 0) is 31.0 Å². The number of rotatable bonds is 3. The number of nitrogen functional groups attached to an aromatic ring is 1. The summed E-state index contributed by atoms with van der Waals surface area (Å²) in [6.07, 6.45) is 1.59. The van der Waals surface area contributed by atoms with Crippen molar-refractivity contribution in [2.45, 2.75) is 23.0 Å². The van der Waals surface area contributed by atoms with Crippen molar-refractivity contribution in [2.75, 3.05) is 5.73 Å². The van der Waals surface area contributed by atoms with Crippen molar-refractivity contribution in [3.05, 3.63) is 24.0 Å². The second-order valence-corrected chi connectivity index (χ2v) is 5.14. The van der Waals surface area contributed by atoms with Crippen LogP contribution in [-0.2, 0) is 4.79 Å². The molecule has 86 valence electrons. The summed E-state index contributed by atoms with van der Waals surface area (Å²) < 4.78 is 12.8. The van der Waals surface area contributed by atoms with Crippen molar-refractivity contribution >= 4 is 23.4 Å². The van der Waals surface area contributed by atoms with Crippen LogP contribution in [0.4, 0.5) is 10.1 Å². The number of hydrogen-bond donors (Lipinski definition) is 2. The lowest BCUT2D eigenvalue weighted by Gasteiger charge is -2.32.